The minimum atomic E-state index is 0.887. The number of anilines is 1. The topological polar surface area (TPSA) is 15.3 Å². The molecule has 1 aromatic heterocycles. The number of benzene rings is 1. The molecule has 0 saturated heterocycles. The number of rotatable bonds is 6. The Balaban J connectivity index is 2.16. The van der Waals surface area contributed by atoms with Crippen molar-refractivity contribution < 1.29 is 0 Å². The Morgan fingerprint density at radius 2 is 2.16 bits per heavy atom. The monoisotopic (exact) mass is 338 g/mol. The van der Waals surface area contributed by atoms with E-state index in [2.05, 4.69) is 68.8 Å². The average molecular weight is 339 g/mol. The molecule has 4 heteroatoms. The second-order valence-corrected chi connectivity index (χ2v) is 6.29. The average Bonchev–Trinajstić information content (AvgIpc) is 2.91. The van der Waals surface area contributed by atoms with E-state index >= 15 is 0 Å². The van der Waals surface area contributed by atoms with Crippen LogP contribution in [0.25, 0.3) is 0 Å². The van der Waals surface area contributed by atoms with Crippen molar-refractivity contribution >= 4 is 33.0 Å². The third kappa shape index (κ3) is 3.81. The number of halogens is 1. The molecular weight excluding hydrogens is 320 g/mol. The van der Waals surface area contributed by atoms with Crippen LogP contribution in [0.5, 0.6) is 0 Å². The van der Waals surface area contributed by atoms with Crippen molar-refractivity contribution in [1.29, 1.82) is 0 Å². The largest absolute Gasteiger partial charge is 0.367 e. The summed E-state index contributed by atoms with van der Waals surface area (Å²) in [5, 5.41) is 5.32. The van der Waals surface area contributed by atoms with E-state index in [1.54, 1.807) is 0 Å². The van der Waals surface area contributed by atoms with Crippen molar-refractivity contribution in [2.75, 3.05) is 18.5 Å². The van der Waals surface area contributed by atoms with E-state index in [1.807, 2.05) is 18.4 Å². The van der Waals surface area contributed by atoms with E-state index in [0.29, 0.717) is 0 Å². The molecule has 0 aliphatic heterocycles. The van der Waals surface area contributed by atoms with Gasteiger partial charge in [0.05, 0.1) is 6.54 Å². The highest BCUT2D eigenvalue weighted by molar-refractivity contribution is 9.10. The first-order valence-electron chi connectivity index (χ1n) is 6.45. The molecule has 1 N–H and O–H groups in total. The first-order valence-corrected chi connectivity index (χ1v) is 8.12. The maximum atomic E-state index is 3.66. The molecule has 2 rings (SSSR count). The van der Waals surface area contributed by atoms with Gasteiger partial charge in [0, 0.05) is 28.1 Å². The Labute approximate surface area is 127 Å². The van der Waals surface area contributed by atoms with Gasteiger partial charge in [-0.2, -0.15) is 0 Å². The van der Waals surface area contributed by atoms with E-state index in [-0.39, 0.29) is 0 Å². The quantitative estimate of drug-likeness (QED) is 0.846. The minimum absolute atomic E-state index is 0.887. The SMILES string of the molecule is CCN(Cc1cccs1)c1ccc(CNC)c(Br)c1. The highest BCUT2D eigenvalue weighted by atomic mass is 79.9. The molecule has 2 nitrogen and oxygen atoms in total. The van der Waals surface area contributed by atoms with Crippen LogP contribution in [-0.4, -0.2) is 13.6 Å². The third-order valence-corrected chi connectivity index (χ3v) is 4.68. The van der Waals surface area contributed by atoms with Crippen LogP contribution >= 0.6 is 27.3 Å². The van der Waals surface area contributed by atoms with Crippen molar-refractivity contribution in [2.45, 2.75) is 20.0 Å². The molecule has 0 saturated carbocycles. The maximum absolute atomic E-state index is 3.66. The second-order valence-electron chi connectivity index (χ2n) is 4.40. The van der Waals surface area contributed by atoms with E-state index in [1.165, 1.54) is 20.6 Å². The Bertz CT molecular complexity index is 511. The molecule has 19 heavy (non-hydrogen) atoms. The summed E-state index contributed by atoms with van der Waals surface area (Å²) < 4.78 is 1.17. The van der Waals surface area contributed by atoms with E-state index in [4.69, 9.17) is 0 Å². The third-order valence-electron chi connectivity index (χ3n) is 3.08. The zero-order chi connectivity index (χ0) is 13.7. The maximum Gasteiger partial charge on any atom is 0.0522 e. The number of nitrogens with one attached hydrogen (secondary N) is 1. The van der Waals surface area contributed by atoms with Gasteiger partial charge in [0.2, 0.25) is 0 Å². The van der Waals surface area contributed by atoms with Crippen LogP contribution in [0.3, 0.4) is 0 Å². The molecule has 0 unspecified atom stereocenters. The van der Waals surface area contributed by atoms with Crippen LogP contribution in [0.15, 0.2) is 40.2 Å². The van der Waals surface area contributed by atoms with Gasteiger partial charge in [-0.3, -0.25) is 0 Å². The molecule has 1 heterocycles. The zero-order valence-electron chi connectivity index (χ0n) is 11.3. The van der Waals surface area contributed by atoms with Gasteiger partial charge in [-0.05, 0) is 43.1 Å². The predicted octanol–water partition coefficient (Wildman–Crippen LogP) is 4.26. The smallest absolute Gasteiger partial charge is 0.0522 e. The Morgan fingerprint density at radius 3 is 2.74 bits per heavy atom. The highest BCUT2D eigenvalue weighted by Gasteiger charge is 2.08. The number of hydrogen-bond acceptors (Lipinski definition) is 3. The Kier molecular flexibility index (Phi) is 5.43. The summed E-state index contributed by atoms with van der Waals surface area (Å²) in [5.74, 6) is 0. The normalized spacial score (nSPS) is 10.7. The molecule has 0 spiro atoms. The molecule has 2 aromatic rings. The summed E-state index contributed by atoms with van der Waals surface area (Å²) >= 11 is 5.47. The van der Waals surface area contributed by atoms with E-state index in [9.17, 15) is 0 Å². The van der Waals surface area contributed by atoms with Gasteiger partial charge in [0.15, 0.2) is 0 Å². The molecule has 0 aliphatic carbocycles. The molecule has 102 valence electrons. The first kappa shape index (κ1) is 14.6. The standard InChI is InChI=1S/C15H19BrN2S/c1-3-18(11-14-5-4-8-19-14)13-7-6-12(10-17-2)15(16)9-13/h4-9,17H,3,10-11H2,1-2H3. The number of nitrogens with zero attached hydrogens (tertiary/aromatic N) is 1. The highest BCUT2D eigenvalue weighted by Crippen LogP contribution is 2.26. The van der Waals surface area contributed by atoms with Crippen molar-refractivity contribution in [3.8, 4) is 0 Å². The van der Waals surface area contributed by atoms with Gasteiger partial charge in [0.25, 0.3) is 0 Å². The lowest BCUT2D eigenvalue weighted by Gasteiger charge is -2.23. The van der Waals surface area contributed by atoms with Crippen molar-refractivity contribution in [1.82, 2.24) is 5.32 Å². The summed E-state index contributed by atoms with van der Waals surface area (Å²) in [6.07, 6.45) is 0. The Hall–Kier alpha value is -0.840. The van der Waals surface area contributed by atoms with Crippen molar-refractivity contribution in [2.24, 2.45) is 0 Å². The molecule has 0 fully saturated rings. The minimum Gasteiger partial charge on any atom is -0.367 e. The molecule has 0 radical (unpaired) electrons. The number of hydrogen-bond donors (Lipinski definition) is 1. The number of thiophene rings is 1. The molecular formula is C15H19BrN2S. The van der Waals surface area contributed by atoms with Crippen LogP contribution in [-0.2, 0) is 13.1 Å². The lowest BCUT2D eigenvalue weighted by atomic mass is 10.2. The molecule has 0 amide bonds. The second kappa shape index (κ2) is 7.08. The summed E-state index contributed by atoms with van der Waals surface area (Å²) in [6, 6.07) is 10.9. The van der Waals surface area contributed by atoms with Crippen LogP contribution in [0.2, 0.25) is 0 Å². The van der Waals surface area contributed by atoms with Gasteiger partial charge in [0.1, 0.15) is 0 Å². The van der Waals surface area contributed by atoms with E-state index in [0.717, 1.165) is 19.6 Å². The van der Waals surface area contributed by atoms with Crippen LogP contribution in [0.1, 0.15) is 17.4 Å². The van der Waals surface area contributed by atoms with Crippen LogP contribution < -0.4 is 10.2 Å². The van der Waals surface area contributed by atoms with Gasteiger partial charge >= 0.3 is 0 Å². The summed E-state index contributed by atoms with van der Waals surface area (Å²) in [4.78, 5) is 3.79. The van der Waals surface area contributed by atoms with Crippen molar-refractivity contribution in [3.05, 3.63) is 50.6 Å². The van der Waals surface area contributed by atoms with Gasteiger partial charge in [-0.15, -0.1) is 11.3 Å². The molecule has 0 atom stereocenters. The summed E-state index contributed by atoms with van der Waals surface area (Å²) in [7, 11) is 1.97. The first-order chi connectivity index (χ1) is 9.24. The van der Waals surface area contributed by atoms with Gasteiger partial charge in [-0.1, -0.05) is 28.1 Å². The fourth-order valence-electron chi connectivity index (χ4n) is 2.04. The zero-order valence-corrected chi connectivity index (χ0v) is 13.7. The molecule has 0 aliphatic rings. The van der Waals surface area contributed by atoms with Gasteiger partial charge in [-0.25, -0.2) is 0 Å². The summed E-state index contributed by atoms with van der Waals surface area (Å²) in [5.41, 5.74) is 2.56. The van der Waals surface area contributed by atoms with E-state index < -0.39 is 0 Å². The molecule has 0 bridgehead atoms. The predicted molar refractivity (Wildman–Crippen MR) is 87.9 cm³/mol. The van der Waals surface area contributed by atoms with Gasteiger partial charge < -0.3 is 10.2 Å². The van der Waals surface area contributed by atoms with Crippen molar-refractivity contribution in [3.63, 3.8) is 0 Å². The van der Waals surface area contributed by atoms with Crippen LogP contribution in [0, 0.1) is 0 Å². The van der Waals surface area contributed by atoms with Crippen LogP contribution in [0.4, 0.5) is 5.69 Å². The fraction of sp³-hybridized carbons (Fsp3) is 0.333. The fourth-order valence-corrected chi connectivity index (χ4v) is 3.27. The lowest BCUT2D eigenvalue weighted by molar-refractivity contribution is 0.810. The molecule has 1 aromatic carbocycles. The Morgan fingerprint density at radius 1 is 1.32 bits per heavy atom. The lowest BCUT2D eigenvalue weighted by Crippen LogP contribution is -2.21. The summed E-state index contributed by atoms with van der Waals surface area (Å²) in [6.45, 7) is 5.07.